The predicted molar refractivity (Wildman–Crippen MR) is 92.1 cm³/mol. The van der Waals surface area contributed by atoms with Gasteiger partial charge in [-0.1, -0.05) is 19.0 Å². The van der Waals surface area contributed by atoms with E-state index in [-0.39, 0.29) is 0 Å². The van der Waals surface area contributed by atoms with Crippen molar-refractivity contribution in [2.45, 2.75) is 20.8 Å². The summed E-state index contributed by atoms with van der Waals surface area (Å²) >= 11 is 0. The Hall–Kier alpha value is -2.01. The smallest absolute Gasteiger partial charge is 0.167 e. The molecule has 0 amide bonds. The number of rotatable bonds is 2. The van der Waals surface area contributed by atoms with Gasteiger partial charge < -0.3 is 20.1 Å². The zero-order valence-electron chi connectivity index (χ0n) is 14.0. The van der Waals surface area contributed by atoms with E-state index in [1.165, 1.54) is 0 Å². The first kappa shape index (κ1) is 16.4. The van der Waals surface area contributed by atoms with Crippen molar-refractivity contribution < 1.29 is 4.52 Å². The van der Waals surface area contributed by atoms with Crippen LogP contribution in [0.4, 0.5) is 11.4 Å². The lowest BCUT2D eigenvalue weighted by molar-refractivity contribution is 0.313. The van der Waals surface area contributed by atoms with E-state index in [9.17, 15) is 0 Å². The third kappa shape index (κ3) is 3.80. The van der Waals surface area contributed by atoms with E-state index in [0.717, 1.165) is 54.6 Å². The van der Waals surface area contributed by atoms with Crippen LogP contribution in [0.3, 0.4) is 0 Å². The third-order valence-electron chi connectivity index (χ3n) is 3.72. The zero-order valence-corrected chi connectivity index (χ0v) is 14.0. The molecule has 0 aliphatic carbocycles. The number of hydrogen-bond acceptors (Lipinski definition) is 5. The standard InChI is InChI=1S/C15H20N4O.C2H6/c1-11-7-15(20-17-11)12-8-13(16)10-14(9-12)19-5-3-18(2)4-6-19;1-2/h7-10H,3-6,16H2,1-2H3;1-2H3. The molecule has 1 fully saturated rings. The average Bonchev–Trinajstić information content (AvgIpc) is 2.96. The Kier molecular flexibility index (Phi) is 5.44. The lowest BCUT2D eigenvalue weighted by Crippen LogP contribution is -2.44. The van der Waals surface area contributed by atoms with Crippen molar-refractivity contribution in [1.82, 2.24) is 10.1 Å². The molecule has 5 nitrogen and oxygen atoms in total. The molecule has 0 bridgehead atoms. The van der Waals surface area contributed by atoms with Crippen LogP contribution in [0.25, 0.3) is 11.3 Å². The summed E-state index contributed by atoms with van der Waals surface area (Å²) in [4.78, 5) is 4.70. The third-order valence-corrected chi connectivity index (χ3v) is 3.72. The molecule has 0 atom stereocenters. The van der Waals surface area contributed by atoms with E-state index in [0.29, 0.717) is 0 Å². The minimum absolute atomic E-state index is 0.755. The second kappa shape index (κ2) is 7.31. The molecule has 2 aromatic rings. The molecule has 1 aromatic heterocycles. The molecule has 22 heavy (non-hydrogen) atoms. The lowest BCUT2D eigenvalue weighted by Gasteiger charge is -2.34. The van der Waals surface area contributed by atoms with E-state index >= 15 is 0 Å². The van der Waals surface area contributed by atoms with Gasteiger partial charge >= 0.3 is 0 Å². The van der Waals surface area contributed by atoms with Crippen LogP contribution < -0.4 is 10.6 Å². The fraction of sp³-hybridized carbons (Fsp3) is 0.471. The summed E-state index contributed by atoms with van der Waals surface area (Å²) in [5.41, 5.74) is 9.81. The minimum Gasteiger partial charge on any atom is -0.399 e. The van der Waals surface area contributed by atoms with Crippen LogP contribution in [-0.2, 0) is 0 Å². The zero-order chi connectivity index (χ0) is 16.1. The van der Waals surface area contributed by atoms with Crippen molar-refractivity contribution >= 4 is 11.4 Å². The number of benzene rings is 1. The summed E-state index contributed by atoms with van der Waals surface area (Å²) in [6.07, 6.45) is 0. The summed E-state index contributed by atoms with van der Waals surface area (Å²) in [5.74, 6) is 0.769. The van der Waals surface area contributed by atoms with Gasteiger partial charge in [0.15, 0.2) is 5.76 Å². The molecule has 5 heteroatoms. The van der Waals surface area contributed by atoms with Gasteiger partial charge in [0.25, 0.3) is 0 Å². The van der Waals surface area contributed by atoms with E-state index in [1.807, 2.05) is 39.0 Å². The number of aryl methyl sites for hydroxylation is 1. The van der Waals surface area contributed by atoms with Gasteiger partial charge in [-0.15, -0.1) is 0 Å². The molecule has 1 aliphatic rings. The summed E-state index contributed by atoms with van der Waals surface area (Å²) in [6, 6.07) is 8.02. The van der Waals surface area contributed by atoms with Gasteiger partial charge in [0.1, 0.15) is 0 Å². The topological polar surface area (TPSA) is 58.5 Å². The molecule has 3 rings (SSSR count). The summed E-state index contributed by atoms with van der Waals surface area (Å²) in [7, 11) is 2.15. The maximum absolute atomic E-state index is 6.04. The maximum Gasteiger partial charge on any atom is 0.167 e. The van der Waals surface area contributed by atoms with Crippen molar-refractivity contribution in [3.8, 4) is 11.3 Å². The summed E-state index contributed by atoms with van der Waals surface area (Å²) in [6.45, 7) is 10.1. The Balaban J connectivity index is 0.000000847. The maximum atomic E-state index is 6.04. The Bertz CT molecular complexity index is 600. The Morgan fingerprint density at radius 3 is 2.32 bits per heavy atom. The van der Waals surface area contributed by atoms with Crippen LogP contribution in [0.5, 0.6) is 0 Å². The second-order valence-electron chi connectivity index (χ2n) is 5.44. The second-order valence-corrected chi connectivity index (χ2v) is 5.44. The fourth-order valence-electron chi connectivity index (χ4n) is 2.52. The Morgan fingerprint density at radius 2 is 1.73 bits per heavy atom. The number of piperazine rings is 1. The quantitative estimate of drug-likeness (QED) is 0.864. The minimum atomic E-state index is 0.755. The van der Waals surface area contributed by atoms with E-state index in [1.54, 1.807) is 0 Å². The van der Waals surface area contributed by atoms with Crippen LogP contribution >= 0.6 is 0 Å². The first-order valence-electron chi connectivity index (χ1n) is 7.89. The summed E-state index contributed by atoms with van der Waals surface area (Å²) < 4.78 is 5.33. The average molecular weight is 302 g/mol. The van der Waals surface area contributed by atoms with Crippen LogP contribution in [0.2, 0.25) is 0 Å². The van der Waals surface area contributed by atoms with Crippen LogP contribution in [0, 0.1) is 6.92 Å². The number of aromatic nitrogens is 1. The number of nitrogen functional groups attached to an aromatic ring is 1. The monoisotopic (exact) mass is 302 g/mol. The first-order chi connectivity index (χ1) is 10.6. The molecule has 1 aromatic carbocycles. The van der Waals surface area contributed by atoms with Crippen LogP contribution in [-0.4, -0.2) is 43.3 Å². The van der Waals surface area contributed by atoms with Gasteiger partial charge in [0.2, 0.25) is 0 Å². The van der Waals surface area contributed by atoms with Crippen LogP contribution in [0.1, 0.15) is 19.5 Å². The highest BCUT2D eigenvalue weighted by atomic mass is 16.5. The highest BCUT2D eigenvalue weighted by Gasteiger charge is 2.16. The molecule has 1 saturated heterocycles. The van der Waals surface area contributed by atoms with Gasteiger partial charge in [-0.25, -0.2) is 0 Å². The van der Waals surface area contributed by atoms with Crippen molar-refractivity contribution in [2.24, 2.45) is 0 Å². The van der Waals surface area contributed by atoms with Crippen LogP contribution in [0.15, 0.2) is 28.8 Å². The molecule has 2 heterocycles. The van der Waals surface area contributed by atoms with E-state index in [4.69, 9.17) is 10.3 Å². The van der Waals surface area contributed by atoms with E-state index < -0.39 is 0 Å². The van der Waals surface area contributed by atoms with Crippen molar-refractivity contribution in [1.29, 1.82) is 0 Å². The van der Waals surface area contributed by atoms with Gasteiger partial charge in [0, 0.05) is 49.2 Å². The summed E-state index contributed by atoms with van der Waals surface area (Å²) in [5, 5.41) is 3.94. The number of anilines is 2. The normalized spacial score (nSPS) is 15.4. The van der Waals surface area contributed by atoms with Gasteiger partial charge in [-0.05, 0) is 32.2 Å². The molecule has 0 radical (unpaired) electrons. The molecule has 0 unspecified atom stereocenters. The molecule has 0 spiro atoms. The van der Waals surface area contributed by atoms with E-state index in [2.05, 4.69) is 28.1 Å². The fourth-order valence-corrected chi connectivity index (χ4v) is 2.52. The van der Waals surface area contributed by atoms with Crippen molar-refractivity contribution in [2.75, 3.05) is 43.9 Å². The predicted octanol–water partition coefficient (Wildman–Crippen LogP) is 3.01. The number of hydrogen-bond donors (Lipinski definition) is 1. The highest BCUT2D eigenvalue weighted by Crippen LogP contribution is 2.29. The molecular formula is C17H26N4O. The molecular weight excluding hydrogens is 276 g/mol. The van der Waals surface area contributed by atoms with Gasteiger partial charge in [-0.2, -0.15) is 0 Å². The Labute approximate surface area is 132 Å². The largest absolute Gasteiger partial charge is 0.399 e. The first-order valence-corrected chi connectivity index (χ1v) is 7.89. The number of nitrogens with zero attached hydrogens (tertiary/aromatic N) is 3. The number of likely N-dealkylation sites (N-methyl/N-ethyl adjacent to an activating group) is 1. The molecule has 0 saturated carbocycles. The Morgan fingerprint density at radius 1 is 1.05 bits per heavy atom. The molecule has 1 aliphatic heterocycles. The van der Waals surface area contributed by atoms with Crippen molar-refractivity contribution in [3.63, 3.8) is 0 Å². The molecule has 2 N–H and O–H groups in total. The highest BCUT2D eigenvalue weighted by molar-refractivity contribution is 5.71. The van der Waals surface area contributed by atoms with Gasteiger partial charge in [0.05, 0.1) is 5.69 Å². The SMILES string of the molecule is CC.Cc1cc(-c2cc(N)cc(N3CCN(C)CC3)c2)on1. The lowest BCUT2D eigenvalue weighted by atomic mass is 10.1. The number of nitrogens with two attached hydrogens (primary N) is 1. The molecule has 120 valence electrons. The van der Waals surface area contributed by atoms with Gasteiger partial charge in [-0.3, -0.25) is 0 Å². The van der Waals surface area contributed by atoms with Crippen molar-refractivity contribution in [3.05, 3.63) is 30.0 Å².